The Labute approximate surface area is 130 Å². The molecule has 0 fully saturated rings. The molecule has 0 saturated carbocycles. The second-order valence-corrected chi connectivity index (χ2v) is 6.44. The number of aromatic nitrogens is 2. The van der Waals surface area contributed by atoms with Crippen molar-refractivity contribution in [2.45, 2.75) is 26.2 Å². The number of anilines is 1. The first kappa shape index (κ1) is 14.4. The molecule has 3 aromatic rings. The second-order valence-electron chi connectivity index (χ2n) is 6.44. The van der Waals surface area contributed by atoms with Crippen molar-refractivity contribution in [2.75, 3.05) is 12.8 Å². The average molecular weight is 295 g/mol. The molecular weight excluding hydrogens is 274 g/mol. The first-order chi connectivity index (χ1) is 10.4. The number of imidazole rings is 1. The maximum absolute atomic E-state index is 6.30. The van der Waals surface area contributed by atoms with E-state index < -0.39 is 0 Å². The fourth-order valence-electron chi connectivity index (χ4n) is 2.57. The van der Waals surface area contributed by atoms with Crippen LogP contribution in [0.1, 0.15) is 26.3 Å². The van der Waals surface area contributed by atoms with E-state index in [4.69, 9.17) is 10.5 Å². The number of hydrogen-bond donors (Lipinski definition) is 1. The Kier molecular flexibility index (Phi) is 3.32. The van der Waals surface area contributed by atoms with E-state index in [-0.39, 0.29) is 5.41 Å². The molecule has 0 amide bonds. The van der Waals surface area contributed by atoms with Gasteiger partial charge in [0, 0.05) is 11.8 Å². The van der Waals surface area contributed by atoms with Gasteiger partial charge in [0.1, 0.15) is 22.9 Å². The van der Waals surface area contributed by atoms with Gasteiger partial charge in [-0.1, -0.05) is 32.9 Å². The number of benzene rings is 1. The van der Waals surface area contributed by atoms with Crippen LogP contribution in [0.5, 0.6) is 5.75 Å². The van der Waals surface area contributed by atoms with Crippen molar-refractivity contribution in [3.8, 4) is 17.0 Å². The van der Waals surface area contributed by atoms with E-state index in [1.807, 2.05) is 34.9 Å². The van der Waals surface area contributed by atoms with E-state index in [1.54, 1.807) is 7.11 Å². The van der Waals surface area contributed by atoms with Gasteiger partial charge in [-0.25, -0.2) is 4.98 Å². The number of fused-ring (bicyclic) bond motifs is 1. The second kappa shape index (κ2) is 5.05. The highest BCUT2D eigenvalue weighted by Crippen LogP contribution is 2.37. The van der Waals surface area contributed by atoms with Gasteiger partial charge in [0.15, 0.2) is 0 Å². The van der Waals surface area contributed by atoms with Crippen LogP contribution >= 0.6 is 0 Å². The number of methoxy groups -OCH3 is 1. The SMILES string of the molecule is COc1ccc(C(C)(C)C)cc1-c1nc2ccccn2c1N. The maximum atomic E-state index is 6.30. The lowest BCUT2D eigenvalue weighted by molar-refractivity contribution is 0.416. The molecule has 2 N–H and O–H groups in total. The summed E-state index contributed by atoms with van der Waals surface area (Å²) in [5.74, 6) is 1.41. The third-order valence-corrected chi connectivity index (χ3v) is 3.89. The first-order valence-corrected chi connectivity index (χ1v) is 7.33. The van der Waals surface area contributed by atoms with E-state index in [0.717, 1.165) is 22.7 Å². The van der Waals surface area contributed by atoms with Crippen LogP contribution in [0.2, 0.25) is 0 Å². The van der Waals surface area contributed by atoms with Crippen molar-refractivity contribution in [3.63, 3.8) is 0 Å². The van der Waals surface area contributed by atoms with Crippen LogP contribution in [0.25, 0.3) is 16.9 Å². The summed E-state index contributed by atoms with van der Waals surface area (Å²) in [7, 11) is 1.67. The number of nitrogens with zero attached hydrogens (tertiary/aromatic N) is 2. The van der Waals surface area contributed by atoms with E-state index in [2.05, 4.69) is 37.9 Å². The Hall–Kier alpha value is -2.49. The fraction of sp³-hybridized carbons (Fsp3) is 0.278. The molecule has 0 atom stereocenters. The Morgan fingerprint density at radius 3 is 2.55 bits per heavy atom. The Balaban J connectivity index is 2.26. The highest BCUT2D eigenvalue weighted by Gasteiger charge is 2.20. The third-order valence-electron chi connectivity index (χ3n) is 3.89. The molecule has 0 saturated heterocycles. The molecule has 2 aromatic heterocycles. The number of nitrogens with two attached hydrogens (primary N) is 1. The van der Waals surface area contributed by atoms with Gasteiger partial charge < -0.3 is 10.5 Å². The van der Waals surface area contributed by atoms with Gasteiger partial charge in [0.05, 0.1) is 7.11 Å². The summed E-state index contributed by atoms with van der Waals surface area (Å²) >= 11 is 0. The number of rotatable bonds is 2. The lowest BCUT2D eigenvalue weighted by atomic mass is 9.85. The standard InChI is InChI=1S/C18H21N3O/c1-18(2,3)12-8-9-14(22-4)13(11-12)16-17(19)21-10-6-5-7-15(21)20-16/h5-11H,19H2,1-4H3. The molecule has 0 radical (unpaired) electrons. The zero-order valence-electron chi connectivity index (χ0n) is 13.4. The molecule has 3 rings (SSSR count). The highest BCUT2D eigenvalue weighted by molar-refractivity contribution is 5.79. The van der Waals surface area contributed by atoms with Gasteiger partial charge in [-0.3, -0.25) is 4.40 Å². The van der Waals surface area contributed by atoms with Crippen LogP contribution < -0.4 is 10.5 Å². The predicted octanol–water partition coefficient (Wildman–Crippen LogP) is 3.89. The Morgan fingerprint density at radius 2 is 1.91 bits per heavy atom. The summed E-state index contributed by atoms with van der Waals surface area (Å²) in [6.45, 7) is 6.56. The molecule has 0 spiro atoms. The molecule has 1 aromatic carbocycles. The Morgan fingerprint density at radius 1 is 1.14 bits per heavy atom. The first-order valence-electron chi connectivity index (χ1n) is 7.33. The minimum atomic E-state index is 0.0505. The van der Waals surface area contributed by atoms with Crippen molar-refractivity contribution in [1.82, 2.24) is 9.38 Å². The van der Waals surface area contributed by atoms with Crippen molar-refractivity contribution in [1.29, 1.82) is 0 Å². The summed E-state index contributed by atoms with van der Waals surface area (Å²) in [5.41, 5.74) is 10.1. The molecule has 4 nitrogen and oxygen atoms in total. The van der Waals surface area contributed by atoms with Crippen molar-refractivity contribution < 1.29 is 4.74 Å². The molecule has 2 heterocycles. The van der Waals surface area contributed by atoms with Gasteiger partial charge in [-0.05, 0) is 35.2 Å². The van der Waals surface area contributed by atoms with Gasteiger partial charge in [0.25, 0.3) is 0 Å². The van der Waals surface area contributed by atoms with E-state index >= 15 is 0 Å². The summed E-state index contributed by atoms with van der Waals surface area (Å²) < 4.78 is 7.40. The molecular formula is C18H21N3O. The smallest absolute Gasteiger partial charge is 0.139 e. The quantitative estimate of drug-likeness (QED) is 0.780. The van der Waals surface area contributed by atoms with E-state index in [0.29, 0.717) is 5.82 Å². The van der Waals surface area contributed by atoms with Crippen molar-refractivity contribution >= 4 is 11.5 Å². The van der Waals surface area contributed by atoms with Gasteiger partial charge in [-0.2, -0.15) is 0 Å². The third kappa shape index (κ3) is 2.30. The topological polar surface area (TPSA) is 52.5 Å². The number of nitrogen functional groups attached to an aromatic ring is 1. The van der Waals surface area contributed by atoms with Crippen LogP contribution in [0.3, 0.4) is 0 Å². The molecule has 0 aliphatic carbocycles. The molecule has 0 aliphatic heterocycles. The number of hydrogen-bond acceptors (Lipinski definition) is 3. The summed E-state index contributed by atoms with van der Waals surface area (Å²) in [6, 6.07) is 12.0. The van der Waals surface area contributed by atoms with Gasteiger partial charge >= 0.3 is 0 Å². The molecule has 0 aliphatic rings. The fourth-order valence-corrected chi connectivity index (χ4v) is 2.57. The number of pyridine rings is 1. The summed E-state index contributed by atoms with van der Waals surface area (Å²) in [4.78, 5) is 4.67. The molecule has 0 unspecified atom stereocenters. The highest BCUT2D eigenvalue weighted by atomic mass is 16.5. The van der Waals surface area contributed by atoms with Gasteiger partial charge in [0.2, 0.25) is 0 Å². The average Bonchev–Trinajstić information content (AvgIpc) is 2.83. The van der Waals surface area contributed by atoms with Crippen molar-refractivity contribution in [3.05, 3.63) is 48.2 Å². The minimum absolute atomic E-state index is 0.0505. The molecule has 0 bridgehead atoms. The van der Waals surface area contributed by atoms with Crippen LogP contribution in [-0.4, -0.2) is 16.5 Å². The van der Waals surface area contributed by atoms with Crippen LogP contribution in [0.4, 0.5) is 5.82 Å². The maximum Gasteiger partial charge on any atom is 0.139 e. The lowest BCUT2D eigenvalue weighted by Crippen LogP contribution is -2.11. The predicted molar refractivity (Wildman–Crippen MR) is 90.3 cm³/mol. The molecule has 22 heavy (non-hydrogen) atoms. The van der Waals surface area contributed by atoms with Crippen LogP contribution in [0.15, 0.2) is 42.6 Å². The normalized spacial score (nSPS) is 11.8. The Bertz CT molecular complexity index is 828. The summed E-state index contributed by atoms with van der Waals surface area (Å²) in [5, 5.41) is 0. The minimum Gasteiger partial charge on any atom is -0.496 e. The number of ether oxygens (including phenoxy) is 1. The van der Waals surface area contributed by atoms with Gasteiger partial charge in [-0.15, -0.1) is 0 Å². The monoisotopic (exact) mass is 295 g/mol. The van der Waals surface area contributed by atoms with E-state index in [1.165, 1.54) is 5.56 Å². The largest absolute Gasteiger partial charge is 0.496 e. The van der Waals surface area contributed by atoms with E-state index in [9.17, 15) is 0 Å². The van der Waals surface area contributed by atoms with Crippen LogP contribution in [-0.2, 0) is 5.41 Å². The van der Waals surface area contributed by atoms with Crippen LogP contribution in [0, 0.1) is 0 Å². The lowest BCUT2D eigenvalue weighted by Gasteiger charge is -2.20. The zero-order chi connectivity index (χ0) is 15.9. The summed E-state index contributed by atoms with van der Waals surface area (Å²) in [6.07, 6.45) is 1.92. The molecule has 114 valence electrons. The van der Waals surface area contributed by atoms with Crippen molar-refractivity contribution in [2.24, 2.45) is 0 Å². The molecule has 4 heteroatoms. The zero-order valence-corrected chi connectivity index (χ0v) is 13.4.